The van der Waals surface area contributed by atoms with Gasteiger partial charge in [-0.15, -0.1) is 0 Å². The molecule has 0 heterocycles. The van der Waals surface area contributed by atoms with Crippen molar-refractivity contribution in [1.82, 2.24) is 0 Å². The molecule has 0 unspecified atom stereocenters. The van der Waals surface area contributed by atoms with Gasteiger partial charge < -0.3 is 18.1 Å². The molecule has 6 heteroatoms. The van der Waals surface area contributed by atoms with Crippen molar-refractivity contribution in [2.75, 3.05) is 0 Å². The first-order valence-electron chi connectivity index (χ1n) is 3.51. The number of hydrogen-bond donors (Lipinski definition) is 2. The Morgan fingerprint density at radius 2 is 2.21 bits per heavy atom. The molecule has 3 N–H and O–H groups in total. The number of halogens is 3. The Morgan fingerprint density at radius 3 is 2.71 bits per heavy atom. The van der Waals surface area contributed by atoms with E-state index >= 15 is 0 Å². The number of nitrogens with one attached hydrogen (secondary N) is 1. The van der Waals surface area contributed by atoms with Crippen LogP contribution in [0.4, 0.5) is 4.39 Å². The maximum atomic E-state index is 13.1. The Labute approximate surface area is 96.9 Å². The van der Waals surface area contributed by atoms with Gasteiger partial charge in [-0.25, -0.2) is 4.39 Å². The molecule has 0 bridgehead atoms. The minimum Gasteiger partial charge on any atom is -1.00 e. The maximum absolute atomic E-state index is 13.1. The lowest BCUT2D eigenvalue weighted by Gasteiger charge is -2.03. The van der Waals surface area contributed by atoms with Crippen molar-refractivity contribution in [3.8, 4) is 0 Å². The standard InChI is InChI=1S/C8H8ClFN2S.ClH/c9-6-2-1-3-7(10)5(6)4-13-8(11)12;/h1-3H,4H2,(H3,11,12);1H/p-1. The van der Waals surface area contributed by atoms with Crippen LogP contribution in [-0.4, -0.2) is 5.17 Å². The number of nitrogens with two attached hydrogens (primary N) is 1. The summed E-state index contributed by atoms with van der Waals surface area (Å²) in [5.74, 6) is -0.0675. The average Bonchev–Trinajstić information content (AvgIpc) is 2.03. The van der Waals surface area contributed by atoms with Crippen LogP contribution in [0.1, 0.15) is 5.56 Å². The number of rotatable bonds is 2. The molecule has 0 fully saturated rings. The molecular weight excluding hydrogens is 246 g/mol. The van der Waals surface area contributed by atoms with E-state index < -0.39 is 0 Å². The van der Waals surface area contributed by atoms with Gasteiger partial charge in [-0.1, -0.05) is 29.4 Å². The molecule has 1 aromatic rings. The quantitative estimate of drug-likeness (QED) is 0.558. The summed E-state index contributed by atoms with van der Waals surface area (Å²) >= 11 is 6.80. The van der Waals surface area contributed by atoms with Crippen LogP contribution in [0.25, 0.3) is 0 Å². The summed E-state index contributed by atoms with van der Waals surface area (Å²) in [4.78, 5) is 0. The summed E-state index contributed by atoms with van der Waals surface area (Å²) in [6.07, 6.45) is 0. The van der Waals surface area contributed by atoms with Crippen molar-refractivity contribution >= 4 is 28.5 Å². The zero-order valence-corrected chi connectivity index (χ0v) is 9.39. The first kappa shape index (κ1) is 13.5. The van der Waals surface area contributed by atoms with Gasteiger partial charge in [0.2, 0.25) is 0 Å². The van der Waals surface area contributed by atoms with E-state index in [1.54, 1.807) is 12.1 Å². The number of amidine groups is 1. The first-order chi connectivity index (χ1) is 6.11. The fourth-order valence-electron chi connectivity index (χ4n) is 0.820. The van der Waals surface area contributed by atoms with Gasteiger partial charge in [-0.2, -0.15) is 0 Å². The molecule has 0 atom stereocenters. The maximum Gasteiger partial charge on any atom is 0.151 e. The fourth-order valence-corrected chi connectivity index (χ4v) is 1.72. The van der Waals surface area contributed by atoms with Crippen LogP contribution in [0.2, 0.25) is 5.02 Å². The molecule has 2 nitrogen and oxygen atoms in total. The van der Waals surface area contributed by atoms with Crippen LogP contribution < -0.4 is 18.1 Å². The van der Waals surface area contributed by atoms with Gasteiger partial charge in [0.1, 0.15) is 5.82 Å². The third-order valence-corrected chi connectivity index (χ3v) is 2.53. The Bertz CT molecular complexity index is 313. The fraction of sp³-hybridized carbons (Fsp3) is 0.125. The van der Waals surface area contributed by atoms with E-state index in [9.17, 15) is 4.39 Å². The summed E-state index contributed by atoms with van der Waals surface area (Å²) in [7, 11) is 0. The minimum absolute atomic E-state index is 0. The van der Waals surface area contributed by atoms with Gasteiger partial charge >= 0.3 is 0 Å². The molecule has 78 valence electrons. The zero-order chi connectivity index (χ0) is 9.84. The lowest BCUT2D eigenvalue weighted by Crippen LogP contribution is -3.00. The van der Waals surface area contributed by atoms with E-state index in [-0.39, 0.29) is 23.4 Å². The van der Waals surface area contributed by atoms with Crippen molar-refractivity contribution in [3.05, 3.63) is 34.6 Å². The molecule has 0 aliphatic rings. The molecule has 1 rings (SSSR count). The Morgan fingerprint density at radius 1 is 1.57 bits per heavy atom. The molecule has 1 aromatic carbocycles. The largest absolute Gasteiger partial charge is 1.00 e. The zero-order valence-electron chi connectivity index (χ0n) is 7.06. The van der Waals surface area contributed by atoms with E-state index in [4.69, 9.17) is 22.7 Å². The van der Waals surface area contributed by atoms with Gasteiger partial charge in [-0.05, 0) is 12.1 Å². The van der Waals surface area contributed by atoms with E-state index in [1.807, 2.05) is 0 Å². The summed E-state index contributed by atoms with van der Waals surface area (Å²) in [6.45, 7) is 0. The van der Waals surface area contributed by atoms with Gasteiger partial charge in [-0.3, -0.25) is 5.41 Å². The molecule has 0 saturated heterocycles. The van der Waals surface area contributed by atoms with Crippen LogP contribution in [0.3, 0.4) is 0 Å². The highest BCUT2D eigenvalue weighted by atomic mass is 35.5. The highest BCUT2D eigenvalue weighted by molar-refractivity contribution is 8.13. The molecule has 14 heavy (non-hydrogen) atoms. The van der Waals surface area contributed by atoms with Crippen molar-refractivity contribution in [2.24, 2.45) is 5.73 Å². The summed E-state index contributed by atoms with van der Waals surface area (Å²) in [5.41, 5.74) is 5.51. The Balaban J connectivity index is 0.00000169. The van der Waals surface area contributed by atoms with E-state index in [1.165, 1.54) is 6.07 Å². The van der Waals surface area contributed by atoms with Crippen LogP contribution in [0.5, 0.6) is 0 Å². The SMILES string of the molecule is N=C(N)SCc1c(F)cccc1Cl.[Cl-]. The van der Waals surface area contributed by atoms with E-state index in [0.29, 0.717) is 16.3 Å². The second kappa shape index (κ2) is 6.11. The molecule has 0 spiro atoms. The first-order valence-corrected chi connectivity index (χ1v) is 4.87. The van der Waals surface area contributed by atoms with Gasteiger partial charge in [0.25, 0.3) is 0 Å². The highest BCUT2D eigenvalue weighted by Crippen LogP contribution is 2.23. The molecule has 0 amide bonds. The monoisotopic (exact) mass is 253 g/mol. The van der Waals surface area contributed by atoms with Crippen LogP contribution in [-0.2, 0) is 5.75 Å². The molecule has 0 aliphatic heterocycles. The molecular formula is C8H8Cl2FN2S-. The molecule has 0 aliphatic carbocycles. The third kappa shape index (κ3) is 3.74. The van der Waals surface area contributed by atoms with Gasteiger partial charge in [0.15, 0.2) is 5.17 Å². The van der Waals surface area contributed by atoms with Crippen molar-refractivity contribution in [1.29, 1.82) is 5.41 Å². The Hall–Kier alpha value is -0.450. The van der Waals surface area contributed by atoms with Crippen LogP contribution in [0, 0.1) is 11.2 Å². The minimum atomic E-state index is -0.360. The Kier molecular flexibility index (Phi) is 5.92. The van der Waals surface area contributed by atoms with Crippen molar-refractivity contribution < 1.29 is 16.8 Å². The summed E-state index contributed by atoms with van der Waals surface area (Å²) in [5, 5.41) is 7.29. The van der Waals surface area contributed by atoms with Gasteiger partial charge in [0.05, 0.1) is 0 Å². The van der Waals surface area contributed by atoms with E-state index in [0.717, 1.165) is 11.8 Å². The normalized spacial score (nSPS) is 9.29. The lowest BCUT2D eigenvalue weighted by molar-refractivity contribution is -0.00000344. The van der Waals surface area contributed by atoms with Gasteiger partial charge in [0, 0.05) is 16.3 Å². The third-order valence-electron chi connectivity index (χ3n) is 1.43. The number of benzene rings is 1. The van der Waals surface area contributed by atoms with Crippen molar-refractivity contribution in [2.45, 2.75) is 5.75 Å². The summed E-state index contributed by atoms with van der Waals surface area (Å²) < 4.78 is 13.1. The molecule has 0 radical (unpaired) electrons. The van der Waals surface area contributed by atoms with Crippen molar-refractivity contribution in [3.63, 3.8) is 0 Å². The number of hydrogen-bond acceptors (Lipinski definition) is 2. The number of thioether (sulfide) groups is 1. The second-order valence-electron chi connectivity index (χ2n) is 2.35. The highest BCUT2D eigenvalue weighted by Gasteiger charge is 2.06. The molecule has 0 aromatic heterocycles. The average molecular weight is 254 g/mol. The van der Waals surface area contributed by atoms with Crippen LogP contribution in [0.15, 0.2) is 18.2 Å². The summed E-state index contributed by atoms with van der Waals surface area (Å²) in [6, 6.07) is 4.49. The van der Waals surface area contributed by atoms with Crippen LogP contribution >= 0.6 is 23.4 Å². The predicted molar refractivity (Wildman–Crippen MR) is 54.6 cm³/mol. The lowest BCUT2D eigenvalue weighted by atomic mass is 10.2. The van der Waals surface area contributed by atoms with E-state index in [2.05, 4.69) is 0 Å². The topological polar surface area (TPSA) is 49.9 Å². The second-order valence-corrected chi connectivity index (χ2v) is 3.78. The molecule has 0 saturated carbocycles. The smallest absolute Gasteiger partial charge is 0.151 e. The predicted octanol–water partition coefficient (Wildman–Crippen LogP) is -0.390.